The van der Waals surface area contributed by atoms with Crippen molar-refractivity contribution in [3.05, 3.63) is 82.9 Å². The van der Waals surface area contributed by atoms with Crippen LogP contribution in [0.25, 0.3) is 0 Å². The van der Waals surface area contributed by atoms with Gasteiger partial charge in [-0.15, -0.1) is 0 Å². The molecule has 1 radical (unpaired) electrons. The maximum atomic E-state index is 6.46. The van der Waals surface area contributed by atoms with Crippen molar-refractivity contribution in [1.82, 2.24) is 9.55 Å². The predicted octanol–water partition coefficient (Wildman–Crippen LogP) is 4.34. The van der Waals surface area contributed by atoms with Crippen LogP contribution in [0.1, 0.15) is 5.56 Å². The maximum Gasteiger partial charge on any atom is 0.215 e. The quantitative estimate of drug-likeness (QED) is 0.613. The molecule has 2 aromatic carbocycles. The third-order valence-corrected chi connectivity index (χ3v) is 4.82. The first-order valence-electron chi connectivity index (χ1n) is 8.47. The molecular weight excluding hydrogens is 387 g/mol. The van der Waals surface area contributed by atoms with E-state index >= 15 is 0 Å². The molecule has 139 valence electrons. The number of imidazole rings is 1. The van der Waals surface area contributed by atoms with Gasteiger partial charge in [0, 0.05) is 23.0 Å². The van der Waals surface area contributed by atoms with Gasteiger partial charge in [-0.1, -0.05) is 41.4 Å². The molecule has 1 aliphatic rings. The number of hydrogen-bond donors (Lipinski definition) is 0. The highest BCUT2D eigenvalue weighted by atomic mass is 35.5. The summed E-state index contributed by atoms with van der Waals surface area (Å²) in [6.07, 6.45) is 5.02. The van der Waals surface area contributed by atoms with Crippen molar-refractivity contribution < 1.29 is 14.2 Å². The van der Waals surface area contributed by atoms with Crippen molar-refractivity contribution in [2.24, 2.45) is 0 Å². The van der Waals surface area contributed by atoms with Gasteiger partial charge < -0.3 is 18.8 Å². The van der Waals surface area contributed by atoms with Crippen LogP contribution < -0.4 is 4.74 Å². The summed E-state index contributed by atoms with van der Waals surface area (Å²) in [5, 5.41) is 1.04. The number of ether oxygens (including phenoxy) is 3. The van der Waals surface area contributed by atoms with Crippen LogP contribution in [0.4, 0.5) is 0 Å². The van der Waals surface area contributed by atoms with Gasteiger partial charge in [-0.05, 0) is 30.3 Å². The molecule has 0 amide bonds. The molecule has 7 heteroatoms. The third kappa shape index (κ3) is 4.12. The van der Waals surface area contributed by atoms with Crippen molar-refractivity contribution in [2.45, 2.75) is 18.4 Å². The third-order valence-electron chi connectivity index (χ3n) is 4.27. The number of benzene rings is 2. The van der Waals surface area contributed by atoms with E-state index < -0.39 is 5.79 Å². The molecular formula is C20H17Cl2N2O3. The lowest BCUT2D eigenvalue weighted by Gasteiger charge is -2.30. The van der Waals surface area contributed by atoms with E-state index in [1.165, 1.54) is 0 Å². The standard InChI is InChI=1S/C20H17Cl2N2O3/c21-15-6-7-18(19(22)10-15)20(13-24-9-8-23-14-24)26-12-17(27-20)11-25-16-4-2-1-3-5-16/h2-10,14,17H,11-13H2/t17-,20-/m1/s1. The van der Waals surface area contributed by atoms with Crippen molar-refractivity contribution in [3.63, 3.8) is 0 Å². The van der Waals surface area contributed by atoms with Crippen molar-refractivity contribution >= 4 is 23.2 Å². The number of halogens is 2. The molecule has 0 bridgehead atoms. The van der Waals surface area contributed by atoms with Crippen molar-refractivity contribution in [1.29, 1.82) is 0 Å². The van der Waals surface area contributed by atoms with Gasteiger partial charge in [0.05, 0.1) is 24.5 Å². The molecule has 5 nitrogen and oxygen atoms in total. The van der Waals surface area contributed by atoms with E-state index in [0.717, 1.165) is 11.3 Å². The molecule has 1 aliphatic heterocycles. The molecule has 1 aromatic heterocycles. The normalized spacial score (nSPS) is 22.1. The fraction of sp³-hybridized carbons (Fsp3) is 0.250. The van der Waals surface area contributed by atoms with Gasteiger partial charge >= 0.3 is 0 Å². The highest BCUT2D eigenvalue weighted by Crippen LogP contribution is 2.40. The number of aromatic nitrogens is 2. The van der Waals surface area contributed by atoms with Crippen LogP contribution in [-0.4, -0.2) is 28.9 Å². The van der Waals surface area contributed by atoms with Gasteiger partial charge in [0.2, 0.25) is 5.79 Å². The number of nitrogens with zero attached hydrogens (tertiary/aromatic N) is 2. The minimum atomic E-state index is -1.04. The van der Waals surface area contributed by atoms with Gasteiger partial charge in [-0.2, -0.15) is 0 Å². The first-order chi connectivity index (χ1) is 13.1. The second-order valence-electron chi connectivity index (χ2n) is 6.21. The molecule has 0 spiro atoms. The fourth-order valence-corrected chi connectivity index (χ4v) is 3.58. The summed E-state index contributed by atoms with van der Waals surface area (Å²) in [7, 11) is 0. The Bertz CT molecular complexity index is 890. The lowest BCUT2D eigenvalue weighted by Crippen LogP contribution is -2.34. The molecule has 27 heavy (non-hydrogen) atoms. The van der Waals surface area contributed by atoms with Crippen LogP contribution in [-0.2, 0) is 21.8 Å². The monoisotopic (exact) mass is 403 g/mol. The Morgan fingerprint density at radius 1 is 1.26 bits per heavy atom. The van der Waals surface area contributed by atoms with Gasteiger partial charge in [0.25, 0.3) is 0 Å². The summed E-state index contributed by atoms with van der Waals surface area (Å²) in [4.78, 5) is 4.09. The topological polar surface area (TPSA) is 45.5 Å². The van der Waals surface area contributed by atoms with E-state index in [2.05, 4.69) is 11.1 Å². The summed E-state index contributed by atoms with van der Waals surface area (Å²) in [6, 6.07) is 15.6. The summed E-state index contributed by atoms with van der Waals surface area (Å²) in [5.41, 5.74) is 0.721. The van der Waals surface area contributed by atoms with Crippen LogP contribution in [0.2, 0.25) is 10.0 Å². The number of hydrogen-bond acceptors (Lipinski definition) is 4. The summed E-state index contributed by atoms with van der Waals surface area (Å²) in [6.45, 7) is 1.15. The lowest BCUT2D eigenvalue weighted by molar-refractivity contribution is -0.189. The smallest absolute Gasteiger partial charge is 0.215 e. The first kappa shape index (κ1) is 18.3. The van der Waals surface area contributed by atoms with Crippen LogP contribution >= 0.6 is 23.2 Å². The van der Waals surface area contributed by atoms with Gasteiger partial charge in [-0.3, -0.25) is 0 Å². The maximum absolute atomic E-state index is 6.46. The molecule has 0 N–H and O–H groups in total. The Morgan fingerprint density at radius 2 is 2.11 bits per heavy atom. The highest BCUT2D eigenvalue weighted by molar-refractivity contribution is 6.35. The summed E-state index contributed by atoms with van der Waals surface area (Å²) < 4.78 is 20.2. The lowest BCUT2D eigenvalue weighted by atomic mass is 10.1. The zero-order valence-electron chi connectivity index (χ0n) is 14.3. The predicted molar refractivity (Wildman–Crippen MR) is 102 cm³/mol. The largest absolute Gasteiger partial charge is 0.491 e. The highest BCUT2D eigenvalue weighted by Gasteiger charge is 2.45. The average molecular weight is 404 g/mol. The Balaban J connectivity index is 1.56. The van der Waals surface area contributed by atoms with Gasteiger partial charge in [0.15, 0.2) is 0 Å². The Kier molecular flexibility index (Phi) is 5.36. The molecule has 0 saturated carbocycles. The van der Waals surface area contributed by atoms with E-state index in [1.807, 2.05) is 29.0 Å². The molecule has 3 aromatic rings. The van der Waals surface area contributed by atoms with Crippen molar-refractivity contribution in [3.8, 4) is 5.75 Å². The Morgan fingerprint density at radius 3 is 2.85 bits per heavy atom. The van der Waals surface area contributed by atoms with Crippen molar-refractivity contribution in [2.75, 3.05) is 13.2 Å². The summed E-state index contributed by atoms with van der Waals surface area (Å²) >= 11 is 12.5. The van der Waals surface area contributed by atoms with Crippen LogP contribution in [0.3, 0.4) is 0 Å². The SMILES string of the molecule is Clc1ccc([C@]2(Cn3ccnc3)OC[C@@H](COc3cc[c]cc3)O2)c(Cl)c1. The van der Waals surface area contributed by atoms with E-state index in [9.17, 15) is 0 Å². The molecule has 1 fully saturated rings. The second-order valence-corrected chi connectivity index (χ2v) is 7.05. The van der Waals surface area contributed by atoms with Crippen LogP contribution in [0, 0.1) is 6.07 Å². The van der Waals surface area contributed by atoms with E-state index in [0.29, 0.717) is 29.8 Å². The Hall–Kier alpha value is -2.05. The average Bonchev–Trinajstić information content (AvgIpc) is 3.32. The molecule has 2 heterocycles. The molecule has 0 aliphatic carbocycles. The molecule has 2 atom stereocenters. The van der Waals surface area contributed by atoms with Gasteiger partial charge in [0.1, 0.15) is 18.5 Å². The minimum absolute atomic E-state index is 0.246. The van der Waals surface area contributed by atoms with E-state index in [-0.39, 0.29) is 6.10 Å². The number of rotatable bonds is 6. The van der Waals surface area contributed by atoms with Crippen LogP contribution in [0.5, 0.6) is 5.75 Å². The van der Waals surface area contributed by atoms with E-state index in [4.69, 9.17) is 37.4 Å². The van der Waals surface area contributed by atoms with Gasteiger partial charge in [-0.25, -0.2) is 4.98 Å². The molecule has 0 unspecified atom stereocenters. The fourth-order valence-electron chi connectivity index (χ4n) is 3.03. The van der Waals surface area contributed by atoms with E-state index in [1.54, 1.807) is 36.8 Å². The first-order valence-corrected chi connectivity index (χ1v) is 9.22. The minimum Gasteiger partial charge on any atom is -0.491 e. The zero-order valence-corrected chi connectivity index (χ0v) is 15.9. The molecule has 1 saturated heterocycles. The Labute approximate surface area is 167 Å². The molecule has 4 rings (SSSR count). The summed E-state index contributed by atoms with van der Waals surface area (Å²) in [5.74, 6) is -0.282. The zero-order chi connectivity index (χ0) is 18.7. The second kappa shape index (κ2) is 7.90. The van der Waals surface area contributed by atoms with Crippen LogP contribution in [0.15, 0.2) is 61.2 Å².